The molecule has 1 aromatic rings. The Morgan fingerprint density at radius 1 is 1.29 bits per heavy atom. The molecule has 3 heteroatoms. The molecule has 0 fully saturated rings. The quantitative estimate of drug-likeness (QED) is 0.557. The number of nitrogen functional groups attached to an aromatic ring is 1. The van der Waals surface area contributed by atoms with E-state index in [1.54, 1.807) is 0 Å². The SMILES string of the molecule is CCCC(C)OCCCOc1cccc(N)c1. The Bertz CT molecular complexity index is 315. The summed E-state index contributed by atoms with van der Waals surface area (Å²) < 4.78 is 11.2. The molecule has 0 saturated carbocycles. The smallest absolute Gasteiger partial charge is 0.121 e. The van der Waals surface area contributed by atoms with Crippen LogP contribution in [-0.2, 0) is 4.74 Å². The summed E-state index contributed by atoms with van der Waals surface area (Å²) in [5.41, 5.74) is 6.39. The Hall–Kier alpha value is -1.22. The van der Waals surface area contributed by atoms with Crippen LogP contribution in [0.5, 0.6) is 5.75 Å². The number of anilines is 1. The van der Waals surface area contributed by atoms with E-state index < -0.39 is 0 Å². The first-order chi connectivity index (χ1) is 8.22. The van der Waals surface area contributed by atoms with Gasteiger partial charge in [-0.2, -0.15) is 0 Å². The van der Waals surface area contributed by atoms with Crippen molar-refractivity contribution in [3.63, 3.8) is 0 Å². The molecule has 0 spiro atoms. The number of nitrogens with two attached hydrogens (primary N) is 1. The second kappa shape index (κ2) is 7.96. The lowest BCUT2D eigenvalue weighted by molar-refractivity contribution is 0.0519. The Balaban J connectivity index is 2.08. The Morgan fingerprint density at radius 2 is 2.12 bits per heavy atom. The molecule has 0 heterocycles. The Labute approximate surface area is 104 Å². The fourth-order valence-electron chi connectivity index (χ4n) is 1.63. The van der Waals surface area contributed by atoms with Gasteiger partial charge < -0.3 is 15.2 Å². The van der Waals surface area contributed by atoms with E-state index in [-0.39, 0.29) is 0 Å². The summed E-state index contributed by atoms with van der Waals surface area (Å²) in [7, 11) is 0. The highest BCUT2D eigenvalue weighted by Crippen LogP contribution is 2.14. The summed E-state index contributed by atoms with van der Waals surface area (Å²) in [5, 5.41) is 0. The summed E-state index contributed by atoms with van der Waals surface area (Å²) in [4.78, 5) is 0. The highest BCUT2D eigenvalue weighted by molar-refractivity contribution is 5.43. The summed E-state index contributed by atoms with van der Waals surface area (Å²) >= 11 is 0. The molecule has 0 radical (unpaired) electrons. The predicted octanol–water partition coefficient (Wildman–Crippen LogP) is 3.24. The van der Waals surface area contributed by atoms with Crippen molar-refractivity contribution in [3.05, 3.63) is 24.3 Å². The maximum atomic E-state index is 5.66. The largest absolute Gasteiger partial charge is 0.493 e. The molecule has 3 nitrogen and oxygen atoms in total. The molecular weight excluding hydrogens is 214 g/mol. The zero-order valence-corrected chi connectivity index (χ0v) is 10.8. The molecule has 0 aromatic heterocycles. The van der Waals surface area contributed by atoms with Crippen LogP contribution in [0.25, 0.3) is 0 Å². The van der Waals surface area contributed by atoms with Gasteiger partial charge in [-0.1, -0.05) is 19.4 Å². The maximum absolute atomic E-state index is 5.66. The standard InChI is InChI=1S/C14H23NO2/c1-3-6-12(2)16-9-5-10-17-14-8-4-7-13(15)11-14/h4,7-8,11-12H,3,5-6,9-10,15H2,1-2H3. The molecule has 0 saturated heterocycles. The fraction of sp³-hybridized carbons (Fsp3) is 0.571. The van der Waals surface area contributed by atoms with Crippen molar-refractivity contribution < 1.29 is 9.47 Å². The van der Waals surface area contributed by atoms with Crippen molar-refractivity contribution in [3.8, 4) is 5.75 Å². The number of benzene rings is 1. The number of hydrogen-bond acceptors (Lipinski definition) is 3. The second-order valence-electron chi connectivity index (χ2n) is 4.24. The van der Waals surface area contributed by atoms with Crippen LogP contribution >= 0.6 is 0 Å². The lowest BCUT2D eigenvalue weighted by atomic mass is 10.2. The van der Waals surface area contributed by atoms with E-state index in [9.17, 15) is 0 Å². The average molecular weight is 237 g/mol. The summed E-state index contributed by atoms with van der Waals surface area (Å²) in [6.45, 7) is 5.71. The number of rotatable bonds is 8. The van der Waals surface area contributed by atoms with E-state index in [1.807, 2.05) is 24.3 Å². The van der Waals surface area contributed by atoms with Gasteiger partial charge in [0.2, 0.25) is 0 Å². The van der Waals surface area contributed by atoms with Gasteiger partial charge in [-0.05, 0) is 25.5 Å². The number of hydrogen-bond donors (Lipinski definition) is 1. The highest BCUT2D eigenvalue weighted by Gasteiger charge is 2.00. The topological polar surface area (TPSA) is 44.5 Å². The van der Waals surface area contributed by atoms with Gasteiger partial charge in [0.25, 0.3) is 0 Å². The third-order valence-electron chi connectivity index (χ3n) is 2.51. The first kappa shape index (κ1) is 13.8. The van der Waals surface area contributed by atoms with E-state index in [1.165, 1.54) is 6.42 Å². The molecular formula is C14H23NO2. The van der Waals surface area contributed by atoms with Crippen LogP contribution in [0.4, 0.5) is 5.69 Å². The molecule has 0 amide bonds. The molecule has 0 aliphatic carbocycles. The van der Waals surface area contributed by atoms with Gasteiger partial charge >= 0.3 is 0 Å². The van der Waals surface area contributed by atoms with E-state index in [2.05, 4.69) is 13.8 Å². The lowest BCUT2D eigenvalue weighted by Crippen LogP contribution is -2.11. The minimum atomic E-state index is 0.354. The van der Waals surface area contributed by atoms with E-state index >= 15 is 0 Å². The molecule has 1 rings (SSSR count). The van der Waals surface area contributed by atoms with Gasteiger partial charge in [0.05, 0.1) is 19.3 Å². The van der Waals surface area contributed by atoms with Crippen LogP contribution in [0.1, 0.15) is 33.1 Å². The first-order valence-corrected chi connectivity index (χ1v) is 6.32. The molecule has 0 aliphatic heterocycles. The Morgan fingerprint density at radius 3 is 2.82 bits per heavy atom. The molecule has 0 aliphatic rings. The van der Waals surface area contributed by atoms with Crippen LogP contribution in [0.3, 0.4) is 0 Å². The summed E-state index contributed by atoms with van der Waals surface area (Å²) in [6, 6.07) is 7.49. The third-order valence-corrected chi connectivity index (χ3v) is 2.51. The van der Waals surface area contributed by atoms with Gasteiger partial charge in [-0.15, -0.1) is 0 Å². The van der Waals surface area contributed by atoms with Gasteiger partial charge in [0, 0.05) is 18.2 Å². The minimum absolute atomic E-state index is 0.354. The lowest BCUT2D eigenvalue weighted by Gasteiger charge is -2.12. The number of ether oxygens (including phenoxy) is 2. The predicted molar refractivity (Wildman–Crippen MR) is 71.3 cm³/mol. The normalized spacial score (nSPS) is 12.4. The van der Waals surface area contributed by atoms with Gasteiger partial charge in [0.15, 0.2) is 0 Å². The van der Waals surface area contributed by atoms with Crippen LogP contribution in [-0.4, -0.2) is 19.3 Å². The van der Waals surface area contributed by atoms with Crippen molar-refractivity contribution in [1.29, 1.82) is 0 Å². The second-order valence-corrected chi connectivity index (χ2v) is 4.24. The van der Waals surface area contributed by atoms with Crippen molar-refractivity contribution >= 4 is 5.69 Å². The summed E-state index contributed by atoms with van der Waals surface area (Å²) in [6.07, 6.45) is 3.55. The first-order valence-electron chi connectivity index (χ1n) is 6.32. The Kier molecular flexibility index (Phi) is 6.48. The maximum Gasteiger partial charge on any atom is 0.121 e. The fourth-order valence-corrected chi connectivity index (χ4v) is 1.63. The van der Waals surface area contributed by atoms with Crippen molar-refractivity contribution in [1.82, 2.24) is 0 Å². The average Bonchev–Trinajstić information content (AvgIpc) is 2.29. The summed E-state index contributed by atoms with van der Waals surface area (Å²) in [5.74, 6) is 0.826. The van der Waals surface area contributed by atoms with Gasteiger partial charge in [-0.3, -0.25) is 0 Å². The molecule has 1 aromatic carbocycles. The third kappa shape index (κ3) is 6.17. The van der Waals surface area contributed by atoms with Crippen LogP contribution in [0, 0.1) is 0 Å². The molecule has 0 bridgehead atoms. The van der Waals surface area contributed by atoms with Gasteiger partial charge in [-0.25, -0.2) is 0 Å². The van der Waals surface area contributed by atoms with Crippen LogP contribution < -0.4 is 10.5 Å². The zero-order valence-electron chi connectivity index (χ0n) is 10.8. The highest BCUT2D eigenvalue weighted by atomic mass is 16.5. The molecule has 2 N–H and O–H groups in total. The van der Waals surface area contributed by atoms with Crippen LogP contribution in [0.15, 0.2) is 24.3 Å². The molecule has 1 atom stereocenters. The van der Waals surface area contributed by atoms with Gasteiger partial charge in [0.1, 0.15) is 5.75 Å². The van der Waals surface area contributed by atoms with E-state index in [0.717, 1.165) is 30.9 Å². The van der Waals surface area contributed by atoms with E-state index in [0.29, 0.717) is 12.7 Å². The van der Waals surface area contributed by atoms with Crippen LogP contribution in [0.2, 0.25) is 0 Å². The molecule has 17 heavy (non-hydrogen) atoms. The minimum Gasteiger partial charge on any atom is -0.493 e. The zero-order chi connectivity index (χ0) is 12.5. The molecule has 96 valence electrons. The van der Waals surface area contributed by atoms with E-state index in [4.69, 9.17) is 15.2 Å². The van der Waals surface area contributed by atoms with Crippen molar-refractivity contribution in [2.24, 2.45) is 0 Å². The van der Waals surface area contributed by atoms with Crippen molar-refractivity contribution in [2.75, 3.05) is 18.9 Å². The monoisotopic (exact) mass is 237 g/mol. The molecule has 1 unspecified atom stereocenters. The van der Waals surface area contributed by atoms with Crippen molar-refractivity contribution in [2.45, 2.75) is 39.2 Å².